The van der Waals surface area contributed by atoms with E-state index in [-0.39, 0.29) is 26.9 Å². The molecule has 7 nitrogen and oxygen atoms in total. The van der Waals surface area contributed by atoms with Gasteiger partial charge in [0.2, 0.25) is 0 Å². The zero-order chi connectivity index (χ0) is 18.6. The van der Waals surface area contributed by atoms with E-state index in [0.29, 0.717) is 5.75 Å². The molecule has 0 aliphatic heterocycles. The van der Waals surface area contributed by atoms with Crippen molar-refractivity contribution >= 4 is 40.6 Å². The number of rotatable bonds is 6. The van der Waals surface area contributed by atoms with Crippen LogP contribution in [0, 0.1) is 10.1 Å². The molecule has 0 unspecified atom stereocenters. The van der Waals surface area contributed by atoms with Gasteiger partial charge < -0.3 is 9.47 Å². The smallest absolute Gasteiger partial charge is 0.340 e. The van der Waals surface area contributed by atoms with Crippen LogP contribution < -0.4 is 4.74 Å². The van der Waals surface area contributed by atoms with Gasteiger partial charge in [0.25, 0.3) is 5.69 Å². The molecule has 130 valence electrons. The summed E-state index contributed by atoms with van der Waals surface area (Å²) in [5.74, 6) is -0.934. The molecule has 0 amide bonds. The monoisotopic (exact) mass is 383 g/mol. The van der Waals surface area contributed by atoms with Gasteiger partial charge >= 0.3 is 5.97 Å². The number of halogens is 2. The van der Waals surface area contributed by atoms with Gasteiger partial charge in [-0.25, -0.2) is 4.79 Å². The average molecular weight is 384 g/mol. The van der Waals surface area contributed by atoms with Crippen LogP contribution in [0.5, 0.6) is 5.75 Å². The Balaban J connectivity index is 2.05. The number of benzene rings is 2. The molecular weight excluding hydrogens is 373 g/mol. The van der Waals surface area contributed by atoms with E-state index >= 15 is 0 Å². The molecule has 0 bridgehead atoms. The number of ketones is 1. The van der Waals surface area contributed by atoms with Crippen molar-refractivity contribution in [3.8, 4) is 5.75 Å². The van der Waals surface area contributed by atoms with Gasteiger partial charge in [0.05, 0.1) is 27.6 Å². The number of non-ortho nitro benzene ring substituents is 1. The van der Waals surface area contributed by atoms with Crippen molar-refractivity contribution in [2.75, 3.05) is 13.7 Å². The first kappa shape index (κ1) is 18.7. The number of hydrogen-bond acceptors (Lipinski definition) is 6. The van der Waals surface area contributed by atoms with Crippen LogP contribution in [0.3, 0.4) is 0 Å². The topological polar surface area (TPSA) is 95.7 Å². The molecule has 9 heteroatoms. The predicted molar refractivity (Wildman–Crippen MR) is 90.7 cm³/mol. The summed E-state index contributed by atoms with van der Waals surface area (Å²) >= 11 is 11.8. The summed E-state index contributed by atoms with van der Waals surface area (Å²) in [6.45, 7) is -0.533. The van der Waals surface area contributed by atoms with E-state index in [1.54, 1.807) is 0 Å². The summed E-state index contributed by atoms with van der Waals surface area (Å²) in [7, 11) is 1.44. The molecule has 2 aromatic carbocycles. The van der Waals surface area contributed by atoms with Crippen LogP contribution in [-0.2, 0) is 4.74 Å². The third-order valence-electron chi connectivity index (χ3n) is 3.19. The van der Waals surface area contributed by atoms with Crippen molar-refractivity contribution in [3.63, 3.8) is 0 Å². The van der Waals surface area contributed by atoms with Crippen molar-refractivity contribution in [1.82, 2.24) is 0 Å². The van der Waals surface area contributed by atoms with E-state index in [2.05, 4.69) is 0 Å². The lowest BCUT2D eigenvalue weighted by atomic mass is 10.1. The Morgan fingerprint density at radius 1 is 1.12 bits per heavy atom. The minimum absolute atomic E-state index is 0.0761. The maximum absolute atomic E-state index is 12.1. The van der Waals surface area contributed by atoms with Crippen LogP contribution in [0.1, 0.15) is 20.7 Å². The highest BCUT2D eigenvalue weighted by atomic mass is 35.5. The number of carbonyl (C=O) groups is 2. The van der Waals surface area contributed by atoms with Gasteiger partial charge in [-0.3, -0.25) is 14.9 Å². The maximum Gasteiger partial charge on any atom is 0.340 e. The van der Waals surface area contributed by atoms with Crippen molar-refractivity contribution < 1.29 is 24.0 Å². The van der Waals surface area contributed by atoms with Crippen LogP contribution in [-0.4, -0.2) is 30.4 Å². The van der Waals surface area contributed by atoms with Gasteiger partial charge in [0.15, 0.2) is 12.4 Å². The number of ether oxygens (including phenoxy) is 2. The molecule has 0 atom stereocenters. The van der Waals surface area contributed by atoms with E-state index in [4.69, 9.17) is 32.7 Å². The second kappa shape index (κ2) is 7.96. The number of nitro groups is 1. The normalized spacial score (nSPS) is 10.2. The molecule has 0 aliphatic carbocycles. The lowest BCUT2D eigenvalue weighted by Gasteiger charge is -2.07. The number of methoxy groups -OCH3 is 1. The van der Waals surface area contributed by atoms with Crippen LogP contribution >= 0.6 is 23.2 Å². The number of esters is 1. The summed E-state index contributed by atoms with van der Waals surface area (Å²) < 4.78 is 9.89. The van der Waals surface area contributed by atoms with E-state index < -0.39 is 23.3 Å². The third kappa shape index (κ3) is 4.46. The molecule has 0 aliphatic rings. The van der Waals surface area contributed by atoms with Crippen molar-refractivity contribution in [2.24, 2.45) is 0 Å². The predicted octanol–water partition coefficient (Wildman–Crippen LogP) is 3.95. The molecule has 0 fully saturated rings. The van der Waals surface area contributed by atoms with Gasteiger partial charge in [0.1, 0.15) is 5.75 Å². The highest BCUT2D eigenvalue weighted by molar-refractivity contribution is 6.34. The Hall–Kier alpha value is -2.64. The van der Waals surface area contributed by atoms with Crippen LogP contribution in [0.2, 0.25) is 10.0 Å². The molecule has 2 aromatic rings. The molecule has 0 heterocycles. The van der Waals surface area contributed by atoms with Crippen LogP contribution in [0.15, 0.2) is 36.4 Å². The van der Waals surface area contributed by atoms with Crippen molar-refractivity contribution in [3.05, 3.63) is 67.7 Å². The fraction of sp³-hybridized carbons (Fsp3) is 0.125. The average Bonchev–Trinajstić information content (AvgIpc) is 2.59. The molecule has 0 radical (unpaired) electrons. The number of nitrogens with zero attached hydrogens (tertiary/aromatic N) is 1. The molecule has 0 saturated carbocycles. The van der Waals surface area contributed by atoms with Crippen molar-refractivity contribution in [2.45, 2.75) is 0 Å². The van der Waals surface area contributed by atoms with E-state index in [0.717, 1.165) is 18.2 Å². The Morgan fingerprint density at radius 3 is 2.40 bits per heavy atom. The molecule has 2 rings (SSSR count). The van der Waals surface area contributed by atoms with E-state index in [1.165, 1.54) is 25.3 Å². The molecular formula is C16H11Cl2NO6. The van der Waals surface area contributed by atoms with E-state index in [1.807, 2.05) is 0 Å². The standard InChI is InChI=1S/C16H11Cl2NO6/c1-24-15-5-2-9(6-13(15)18)14(20)8-25-16(21)11-4-3-10(19(22)23)7-12(11)17/h2-7H,8H2,1H3. The maximum atomic E-state index is 12.1. The molecule has 0 N–H and O–H groups in total. The first-order valence-corrected chi connectivity index (χ1v) is 7.57. The summed E-state index contributed by atoms with van der Waals surface area (Å²) in [6, 6.07) is 7.72. The Kier molecular flexibility index (Phi) is 5.95. The molecule has 0 aromatic heterocycles. The lowest BCUT2D eigenvalue weighted by Crippen LogP contribution is -2.14. The van der Waals surface area contributed by atoms with Gasteiger partial charge in [-0.1, -0.05) is 23.2 Å². The van der Waals surface area contributed by atoms with Gasteiger partial charge in [0, 0.05) is 17.7 Å². The van der Waals surface area contributed by atoms with Crippen LogP contribution in [0.25, 0.3) is 0 Å². The SMILES string of the molecule is COc1ccc(C(=O)COC(=O)c2ccc([N+](=O)[O-])cc2Cl)cc1Cl. The van der Waals surface area contributed by atoms with Crippen LogP contribution in [0.4, 0.5) is 5.69 Å². The fourth-order valence-electron chi connectivity index (χ4n) is 1.92. The van der Waals surface area contributed by atoms with Crippen molar-refractivity contribution in [1.29, 1.82) is 0 Å². The number of carbonyl (C=O) groups excluding carboxylic acids is 2. The Morgan fingerprint density at radius 2 is 1.84 bits per heavy atom. The summed E-state index contributed by atoms with van der Waals surface area (Å²) in [5, 5.41) is 10.8. The molecule has 0 spiro atoms. The minimum Gasteiger partial charge on any atom is -0.495 e. The fourth-order valence-corrected chi connectivity index (χ4v) is 2.42. The molecule has 25 heavy (non-hydrogen) atoms. The second-order valence-electron chi connectivity index (χ2n) is 4.77. The van der Waals surface area contributed by atoms with E-state index in [9.17, 15) is 19.7 Å². The number of Topliss-reactive ketones (excluding diaryl/α,β-unsaturated/α-hetero) is 1. The number of hydrogen-bond donors (Lipinski definition) is 0. The first-order chi connectivity index (χ1) is 11.8. The summed E-state index contributed by atoms with van der Waals surface area (Å²) in [5.41, 5.74) is -0.0910. The Bertz CT molecular complexity index is 853. The minimum atomic E-state index is -0.868. The number of nitro benzene ring substituents is 1. The summed E-state index contributed by atoms with van der Waals surface area (Å²) in [6.07, 6.45) is 0. The quantitative estimate of drug-likeness (QED) is 0.324. The summed E-state index contributed by atoms with van der Waals surface area (Å²) in [4.78, 5) is 34.0. The lowest BCUT2D eigenvalue weighted by molar-refractivity contribution is -0.384. The highest BCUT2D eigenvalue weighted by Gasteiger charge is 2.18. The first-order valence-electron chi connectivity index (χ1n) is 6.81. The largest absolute Gasteiger partial charge is 0.495 e. The highest BCUT2D eigenvalue weighted by Crippen LogP contribution is 2.26. The van der Waals surface area contributed by atoms with Gasteiger partial charge in [-0.2, -0.15) is 0 Å². The second-order valence-corrected chi connectivity index (χ2v) is 5.58. The van der Waals surface area contributed by atoms with Gasteiger partial charge in [-0.15, -0.1) is 0 Å². The Labute approximate surface area is 152 Å². The zero-order valence-electron chi connectivity index (χ0n) is 12.8. The van der Waals surface area contributed by atoms with Gasteiger partial charge in [-0.05, 0) is 24.3 Å². The zero-order valence-corrected chi connectivity index (χ0v) is 14.3. The molecule has 0 saturated heterocycles. The third-order valence-corrected chi connectivity index (χ3v) is 3.80.